The summed E-state index contributed by atoms with van der Waals surface area (Å²) in [5.74, 6) is 2.30. The van der Waals surface area contributed by atoms with E-state index >= 15 is 0 Å². The van der Waals surface area contributed by atoms with E-state index in [-0.39, 0.29) is 5.91 Å². The molecule has 5 nitrogen and oxygen atoms in total. The van der Waals surface area contributed by atoms with Gasteiger partial charge in [0.1, 0.15) is 17.2 Å². The third kappa shape index (κ3) is 5.53. The van der Waals surface area contributed by atoms with Crippen molar-refractivity contribution in [3.8, 4) is 23.1 Å². The van der Waals surface area contributed by atoms with Crippen LogP contribution in [-0.2, 0) is 11.2 Å². The molecular weight excluding hydrogens is 412 g/mol. The van der Waals surface area contributed by atoms with E-state index < -0.39 is 0 Å². The van der Waals surface area contributed by atoms with Gasteiger partial charge in [-0.05, 0) is 53.1 Å². The van der Waals surface area contributed by atoms with E-state index in [0.29, 0.717) is 34.7 Å². The maximum atomic E-state index is 11.0. The van der Waals surface area contributed by atoms with Crippen LogP contribution in [0.4, 0.5) is 0 Å². The molecule has 3 aromatic carbocycles. The zero-order valence-electron chi connectivity index (χ0n) is 17.0. The van der Waals surface area contributed by atoms with Gasteiger partial charge >= 0.3 is 0 Å². The summed E-state index contributed by atoms with van der Waals surface area (Å²) >= 11 is 6.36. The third-order valence-electron chi connectivity index (χ3n) is 4.66. The Morgan fingerprint density at radius 3 is 2.48 bits per heavy atom. The van der Waals surface area contributed by atoms with E-state index in [2.05, 4.69) is 28.5 Å². The predicted molar refractivity (Wildman–Crippen MR) is 122 cm³/mol. The average molecular weight is 433 g/mol. The number of nitrogens with one attached hydrogen (secondary N) is 1. The molecule has 1 amide bonds. The van der Waals surface area contributed by atoms with Gasteiger partial charge in [0.2, 0.25) is 11.8 Å². The molecule has 31 heavy (non-hydrogen) atoms. The van der Waals surface area contributed by atoms with Crippen LogP contribution in [0.15, 0.2) is 79.0 Å². The fraction of sp³-hybridized carbons (Fsp3) is 0.120. The molecule has 0 unspecified atom stereocenters. The molecule has 0 aliphatic heterocycles. The first kappa shape index (κ1) is 20.7. The normalized spacial score (nSPS) is 10.6. The molecular formula is C25H21ClN2O3. The zero-order valence-corrected chi connectivity index (χ0v) is 17.7. The Balaban J connectivity index is 1.45. The van der Waals surface area contributed by atoms with Crippen LogP contribution in [-0.4, -0.2) is 17.4 Å². The summed E-state index contributed by atoms with van der Waals surface area (Å²) < 4.78 is 11.7. The number of pyridine rings is 1. The Morgan fingerprint density at radius 2 is 1.71 bits per heavy atom. The second-order valence-electron chi connectivity index (χ2n) is 7.04. The number of amides is 1. The number of carbonyl (C=O) groups excluding carboxylic acids is 1. The SMILES string of the molecule is CC(=O)NCCc1ccc2cc(Oc3ccc(Oc4ccccn4)c(Cl)c3)ccc2c1. The zero-order chi connectivity index (χ0) is 21.6. The van der Waals surface area contributed by atoms with Gasteiger partial charge in [0, 0.05) is 31.8 Å². The van der Waals surface area contributed by atoms with Gasteiger partial charge in [-0.3, -0.25) is 4.79 Å². The van der Waals surface area contributed by atoms with Crippen molar-refractivity contribution in [3.63, 3.8) is 0 Å². The molecule has 1 heterocycles. The minimum atomic E-state index is -0.0148. The largest absolute Gasteiger partial charge is 0.457 e. The number of halogens is 1. The van der Waals surface area contributed by atoms with Crippen molar-refractivity contribution >= 4 is 28.3 Å². The highest BCUT2D eigenvalue weighted by Crippen LogP contribution is 2.34. The lowest BCUT2D eigenvalue weighted by Crippen LogP contribution is -2.22. The molecule has 0 saturated heterocycles. The smallest absolute Gasteiger partial charge is 0.219 e. The van der Waals surface area contributed by atoms with Crippen LogP contribution in [0.3, 0.4) is 0 Å². The van der Waals surface area contributed by atoms with Gasteiger partial charge in [0.25, 0.3) is 0 Å². The first-order chi connectivity index (χ1) is 15.1. The molecule has 1 aromatic heterocycles. The van der Waals surface area contributed by atoms with E-state index in [1.807, 2.05) is 30.3 Å². The molecule has 0 radical (unpaired) electrons. The summed E-state index contributed by atoms with van der Waals surface area (Å²) in [6.45, 7) is 2.15. The van der Waals surface area contributed by atoms with Crippen molar-refractivity contribution in [1.29, 1.82) is 0 Å². The molecule has 1 N–H and O–H groups in total. The number of hydrogen-bond donors (Lipinski definition) is 1. The van der Waals surface area contributed by atoms with E-state index in [1.54, 1.807) is 30.5 Å². The monoisotopic (exact) mass is 432 g/mol. The van der Waals surface area contributed by atoms with Crippen LogP contribution in [0.5, 0.6) is 23.1 Å². The summed E-state index contributed by atoms with van der Waals surface area (Å²) in [7, 11) is 0. The van der Waals surface area contributed by atoms with Crippen molar-refractivity contribution in [2.24, 2.45) is 0 Å². The van der Waals surface area contributed by atoms with Crippen molar-refractivity contribution in [2.75, 3.05) is 6.54 Å². The lowest BCUT2D eigenvalue weighted by Gasteiger charge is -2.11. The van der Waals surface area contributed by atoms with E-state index in [1.165, 1.54) is 12.5 Å². The summed E-state index contributed by atoms with van der Waals surface area (Å²) in [5.41, 5.74) is 1.17. The van der Waals surface area contributed by atoms with Crippen molar-refractivity contribution in [2.45, 2.75) is 13.3 Å². The highest BCUT2D eigenvalue weighted by atomic mass is 35.5. The van der Waals surface area contributed by atoms with E-state index in [9.17, 15) is 4.79 Å². The van der Waals surface area contributed by atoms with Gasteiger partial charge in [-0.25, -0.2) is 4.98 Å². The minimum absolute atomic E-state index is 0.0148. The van der Waals surface area contributed by atoms with E-state index in [0.717, 1.165) is 17.2 Å². The van der Waals surface area contributed by atoms with Crippen LogP contribution in [0, 0.1) is 0 Å². The minimum Gasteiger partial charge on any atom is -0.457 e. The summed E-state index contributed by atoms with van der Waals surface area (Å²) in [6, 6.07) is 22.9. The molecule has 6 heteroatoms. The average Bonchev–Trinajstić information content (AvgIpc) is 2.76. The molecule has 0 atom stereocenters. The fourth-order valence-corrected chi connectivity index (χ4v) is 3.37. The molecule has 0 aliphatic carbocycles. The first-order valence-electron chi connectivity index (χ1n) is 9.90. The van der Waals surface area contributed by atoms with Crippen molar-refractivity contribution < 1.29 is 14.3 Å². The second kappa shape index (κ2) is 9.49. The van der Waals surface area contributed by atoms with Crippen LogP contribution in [0.1, 0.15) is 12.5 Å². The van der Waals surface area contributed by atoms with Crippen molar-refractivity contribution in [3.05, 3.63) is 89.6 Å². The topological polar surface area (TPSA) is 60.5 Å². The van der Waals surface area contributed by atoms with Gasteiger partial charge in [-0.1, -0.05) is 41.9 Å². The Morgan fingerprint density at radius 1 is 0.935 bits per heavy atom. The Hall–Kier alpha value is -3.57. The number of carbonyl (C=O) groups is 1. The highest BCUT2D eigenvalue weighted by Gasteiger charge is 2.08. The van der Waals surface area contributed by atoms with Gasteiger partial charge in [0.15, 0.2) is 0 Å². The van der Waals surface area contributed by atoms with Crippen LogP contribution in [0.25, 0.3) is 10.8 Å². The number of rotatable bonds is 7. The maximum absolute atomic E-state index is 11.0. The summed E-state index contributed by atoms with van der Waals surface area (Å²) in [6.07, 6.45) is 2.45. The van der Waals surface area contributed by atoms with Gasteiger partial charge in [-0.2, -0.15) is 0 Å². The number of benzene rings is 3. The van der Waals surface area contributed by atoms with Gasteiger partial charge in [-0.15, -0.1) is 0 Å². The van der Waals surface area contributed by atoms with E-state index in [4.69, 9.17) is 21.1 Å². The number of fused-ring (bicyclic) bond motifs is 1. The number of hydrogen-bond acceptors (Lipinski definition) is 4. The second-order valence-corrected chi connectivity index (χ2v) is 7.45. The quantitative estimate of drug-likeness (QED) is 0.380. The highest BCUT2D eigenvalue weighted by molar-refractivity contribution is 6.32. The number of ether oxygens (including phenoxy) is 2. The Labute approximate surface area is 185 Å². The summed E-state index contributed by atoms with van der Waals surface area (Å²) in [4.78, 5) is 15.1. The standard InChI is InChI=1S/C25H21ClN2O3/c1-17(29)27-13-11-18-5-6-20-15-21(8-7-19(20)14-18)30-22-9-10-24(23(26)16-22)31-25-4-2-3-12-28-25/h2-10,12,14-16H,11,13H2,1H3,(H,27,29). The maximum Gasteiger partial charge on any atom is 0.219 e. The van der Waals surface area contributed by atoms with Crippen LogP contribution >= 0.6 is 11.6 Å². The molecule has 0 spiro atoms. The predicted octanol–water partition coefficient (Wildman–Crippen LogP) is 6.15. The molecule has 0 aliphatic rings. The number of aromatic nitrogens is 1. The van der Waals surface area contributed by atoms with Crippen LogP contribution in [0.2, 0.25) is 5.02 Å². The Bertz CT molecular complexity index is 1210. The lowest BCUT2D eigenvalue weighted by atomic mass is 10.0. The third-order valence-corrected chi connectivity index (χ3v) is 4.95. The molecule has 4 aromatic rings. The lowest BCUT2D eigenvalue weighted by molar-refractivity contribution is -0.118. The fourth-order valence-electron chi connectivity index (χ4n) is 3.16. The number of nitrogens with zero attached hydrogens (tertiary/aromatic N) is 1. The molecule has 0 saturated carbocycles. The Kier molecular flexibility index (Phi) is 6.34. The molecule has 0 bridgehead atoms. The molecule has 0 fully saturated rings. The summed E-state index contributed by atoms with van der Waals surface area (Å²) in [5, 5.41) is 5.44. The van der Waals surface area contributed by atoms with Gasteiger partial charge in [0.05, 0.1) is 5.02 Å². The first-order valence-corrected chi connectivity index (χ1v) is 10.3. The molecule has 4 rings (SSSR count). The van der Waals surface area contributed by atoms with Crippen LogP contribution < -0.4 is 14.8 Å². The van der Waals surface area contributed by atoms with Crippen molar-refractivity contribution in [1.82, 2.24) is 10.3 Å². The molecule has 156 valence electrons. The van der Waals surface area contributed by atoms with Gasteiger partial charge < -0.3 is 14.8 Å².